The number of alkyl halides is 3. The molecule has 1 aliphatic heterocycles. The highest BCUT2D eigenvalue weighted by molar-refractivity contribution is 5.73. The van der Waals surface area contributed by atoms with E-state index in [-0.39, 0.29) is 19.1 Å². The number of hydrogen-bond acceptors (Lipinski definition) is 4. The normalized spacial score (nSPS) is 16.8. The van der Waals surface area contributed by atoms with Crippen molar-refractivity contribution in [2.24, 2.45) is 5.73 Å². The van der Waals surface area contributed by atoms with E-state index in [0.29, 0.717) is 31.7 Å². The summed E-state index contributed by atoms with van der Waals surface area (Å²) in [6.07, 6.45) is -2.76. The Morgan fingerprint density at radius 2 is 1.96 bits per heavy atom. The third kappa shape index (κ3) is 6.27. The highest BCUT2D eigenvalue weighted by Gasteiger charge is 2.32. The molecule has 0 aliphatic carbocycles. The van der Waals surface area contributed by atoms with Crippen molar-refractivity contribution in [1.29, 1.82) is 0 Å². The summed E-state index contributed by atoms with van der Waals surface area (Å²) < 4.78 is 42.8. The van der Waals surface area contributed by atoms with Gasteiger partial charge in [0, 0.05) is 19.1 Å². The van der Waals surface area contributed by atoms with Crippen LogP contribution in [0.2, 0.25) is 0 Å². The van der Waals surface area contributed by atoms with Crippen LogP contribution in [0.3, 0.4) is 0 Å². The van der Waals surface area contributed by atoms with Crippen LogP contribution in [0, 0.1) is 0 Å². The van der Waals surface area contributed by atoms with Crippen molar-refractivity contribution in [3.8, 4) is 5.75 Å². The molecule has 1 aromatic carbocycles. The number of hydrogen-bond donors (Lipinski definition) is 2. The van der Waals surface area contributed by atoms with Gasteiger partial charge >= 0.3 is 6.18 Å². The predicted octanol–water partition coefficient (Wildman–Crippen LogP) is 2.38. The third-order valence-corrected chi connectivity index (χ3v) is 3.84. The van der Waals surface area contributed by atoms with Crippen molar-refractivity contribution in [3.63, 3.8) is 0 Å². The molecule has 2 rings (SSSR count). The summed E-state index contributed by atoms with van der Waals surface area (Å²) >= 11 is 0. The van der Waals surface area contributed by atoms with E-state index in [9.17, 15) is 18.0 Å². The molecule has 0 saturated carbocycles. The van der Waals surface area contributed by atoms with Gasteiger partial charge in [-0.1, -0.05) is 12.1 Å². The minimum absolute atomic E-state index is 0.0929. The van der Waals surface area contributed by atoms with Gasteiger partial charge in [-0.3, -0.25) is 9.69 Å². The highest BCUT2D eigenvalue weighted by Crippen LogP contribution is 2.27. The molecule has 5 nitrogen and oxygen atoms in total. The van der Waals surface area contributed by atoms with Gasteiger partial charge in [0.15, 0.2) is 0 Å². The number of amides is 1. The first-order valence-corrected chi connectivity index (χ1v) is 7.89. The van der Waals surface area contributed by atoms with Crippen LogP contribution in [0.4, 0.5) is 18.9 Å². The standard InChI is InChI=1S/C16H22F3N3O2/c17-16(18,19)11-22-8-5-12(6-9-22)21-13-3-1-2-4-14(13)24-10-7-15(20)23/h1-4,12,21H,5-11H2,(H2,20,23). The zero-order valence-electron chi connectivity index (χ0n) is 13.3. The molecular weight excluding hydrogens is 323 g/mol. The van der Waals surface area contributed by atoms with Gasteiger partial charge < -0.3 is 15.8 Å². The molecule has 0 aromatic heterocycles. The first-order chi connectivity index (χ1) is 11.3. The highest BCUT2D eigenvalue weighted by atomic mass is 19.4. The number of nitrogens with two attached hydrogens (primary N) is 1. The maximum atomic E-state index is 12.4. The van der Waals surface area contributed by atoms with E-state index in [1.807, 2.05) is 18.2 Å². The van der Waals surface area contributed by atoms with E-state index in [0.717, 1.165) is 5.69 Å². The molecule has 1 saturated heterocycles. The minimum Gasteiger partial charge on any atom is -0.491 e. The molecular formula is C16H22F3N3O2. The Balaban J connectivity index is 1.85. The van der Waals surface area contributed by atoms with Crippen LogP contribution in [0.15, 0.2) is 24.3 Å². The summed E-state index contributed by atoms with van der Waals surface area (Å²) in [6, 6.07) is 7.39. The number of benzene rings is 1. The molecule has 0 spiro atoms. The second-order valence-electron chi connectivity index (χ2n) is 5.87. The molecule has 3 N–H and O–H groups in total. The lowest BCUT2D eigenvalue weighted by Crippen LogP contribution is -2.43. The molecule has 1 heterocycles. The second kappa shape index (κ2) is 8.23. The van der Waals surface area contributed by atoms with Gasteiger partial charge in [0.2, 0.25) is 5.91 Å². The van der Waals surface area contributed by atoms with Crippen LogP contribution >= 0.6 is 0 Å². The third-order valence-electron chi connectivity index (χ3n) is 3.84. The average molecular weight is 345 g/mol. The Kier molecular flexibility index (Phi) is 6.30. The van der Waals surface area contributed by atoms with Gasteiger partial charge in [0.05, 0.1) is 25.3 Å². The molecule has 1 aromatic rings. The smallest absolute Gasteiger partial charge is 0.401 e. The van der Waals surface area contributed by atoms with Gasteiger partial charge in [-0.05, 0) is 25.0 Å². The van der Waals surface area contributed by atoms with Gasteiger partial charge in [0.25, 0.3) is 0 Å². The molecule has 0 radical (unpaired) electrons. The van der Waals surface area contributed by atoms with Crippen molar-refractivity contribution in [2.45, 2.75) is 31.5 Å². The molecule has 8 heteroatoms. The number of halogens is 3. The monoisotopic (exact) mass is 345 g/mol. The molecule has 0 bridgehead atoms. The van der Waals surface area contributed by atoms with Crippen LogP contribution in [0.25, 0.3) is 0 Å². The van der Waals surface area contributed by atoms with E-state index in [4.69, 9.17) is 10.5 Å². The number of para-hydroxylation sites is 2. The lowest BCUT2D eigenvalue weighted by molar-refractivity contribution is -0.147. The van der Waals surface area contributed by atoms with Crippen LogP contribution in [-0.2, 0) is 4.79 Å². The van der Waals surface area contributed by atoms with Crippen molar-refractivity contribution in [2.75, 3.05) is 31.6 Å². The lowest BCUT2D eigenvalue weighted by atomic mass is 10.0. The molecule has 1 amide bonds. The summed E-state index contributed by atoms with van der Waals surface area (Å²) in [5, 5.41) is 3.32. The number of primary amides is 1. The number of carbonyl (C=O) groups is 1. The molecule has 134 valence electrons. The summed E-state index contributed by atoms with van der Waals surface area (Å²) in [7, 11) is 0. The number of rotatable bonds is 7. The quantitative estimate of drug-likeness (QED) is 0.796. The number of likely N-dealkylation sites (tertiary alicyclic amines) is 1. The number of piperidine rings is 1. The van der Waals surface area contributed by atoms with Crippen molar-refractivity contribution >= 4 is 11.6 Å². The van der Waals surface area contributed by atoms with E-state index in [1.165, 1.54) is 4.90 Å². The summed E-state index contributed by atoms with van der Waals surface area (Å²) in [5.41, 5.74) is 5.86. The first kappa shape index (κ1) is 18.4. The molecule has 1 fully saturated rings. The average Bonchev–Trinajstić information content (AvgIpc) is 2.49. The topological polar surface area (TPSA) is 67.6 Å². The fourth-order valence-corrected chi connectivity index (χ4v) is 2.68. The lowest BCUT2D eigenvalue weighted by Gasteiger charge is -2.33. The van der Waals surface area contributed by atoms with Gasteiger partial charge in [-0.25, -0.2) is 0 Å². The molecule has 0 unspecified atom stereocenters. The largest absolute Gasteiger partial charge is 0.491 e. The number of ether oxygens (including phenoxy) is 1. The van der Waals surface area contributed by atoms with Gasteiger partial charge in [-0.2, -0.15) is 13.2 Å². The van der Waals surface area contributed by atoms with E-state index in [2.05, 4.69) is 5.32 Å². The summed E-state index contributed by atoms with van der Waals surface area (Å²) in [4.78, 5) is 12.2. The van der Waals surface area contributed by atoms with Crippen LogP contribution in [0.5, 0.6) is 5.75 Å². The molecule has 1 aliphatic rings. The zero-order chi connectivity index (χ0) is 17.6. The van der Waals surface area contributed by atoms with E-state index >= 15 is 0 Å². The summed E-state index contributed by atoms with van der Waals surface area (Å²) in [5.74, 6) is 0.175. The fourth-order valence-electron chi connectivity index (χ4n) is 2.68. The van der Waals surface area contributed by atoms with E-state index < -0.39 is 18.6 Å². The molecule has 24 heavy (non-hydrogen) atoms. The van der Waals surface area contributed by atoms with Crippen LogP contribution in [0.1, 0.15) is 19.3 Å². The SMILES string of the molecule is NC(=O)CCOc1ccccc1NC1CCN(CC(F)(F)F)CC1. The number of anilines is 1. The molecule has 0 atom stereocenters. The Morgan fingerprint density at radius 3 is 2.58 bits per heavy atom. The van der Waals surface area contributed by atoms with Crippen molar-refractivity contribution in [3.05, 3.63) is 24.3 Å². The summed E-state index contributed by atoms with van der Waals surface area (Å²) in [6.45, 7) is 0.147. The Labute approximate surface area is 138 Å². The number of nitrogens with one attached hydrogen (secondary N) is 1. The van der Waals surface area contributed by atoms with Crippen molar-refractivity contribution < 1.29 is 22.7 Å². The van der Waals surface area contributed by atoms with Gasteiger partial charge in [-0.15, -0.1) is 0 Å². The first-order valence-electron chi connectivity index (χ1n) is 7.89. The van der Waals surface area contributed by atoms with Crippen LogP contribution < -0.4 is 15.8 Å². The second-order valence-corrected chi connectivity index (χ2v) is 5.87. The predicted molar refractivity (Wildman–Crippen MR) is 84.9 cm³/mol. The number of carbonyl (C=O) groups excluding carboxylic acids is 1. The van der Waals surface area contributed by atoms with Crippen molar-refractivity contribution in [1.82, 2.24) is 4.90 Å². The van der Waals surface area contributed by atoms with Gasteiger partial charge in [0.1, 0.15) is 5.75 Å². The minimum atomic E-state index is -4.15. The van der Waals surface area contributed by atoms with E-state index in [1.54, 1.807) is 6.07 Å². The zero-order valence-corrected chi connectivity index (χ0v) is 13.3. The Morgan fingerprint density at radius 1 is 1.29 bits per heavy atom. The fraction of sp³-hybridized carbons (Fsp3) is 0.562. The Hall–Kier alpha value is -1.96. The number of nitrogens with zero attached hydrogens (tertiary/aromatic N) is 1. The maximum absolute atomic E-state index is 12.4. The Bertz CT molecular complexity index is 544. The van der Waals surface area contributed by atoms with Crippen LogP contribution in [-0.4, -0.2) is 49.3 Å². The maximum Gasteiger partial charge on any atom is 0.401 e.